The summed E-state index contributed by atoms with van der Waals surface area (Å²) in [4.78, 5) is 22.5. The van der Waals surface area contributed by atoms with Crippen LogP contribution >= 0.6 is 23.2 Å². The molecule has 1 amide bonds. The zero-order chi connectivity index (χ0) is 15.9. The van der Waals surface area contributed by atoms with Crippen LogP contribution in [-0.4, -0.2) is 10.8 Å². The lowest BCUT2D eigenvalue weighted by Gasteiger charge is -2.03. The second kappa shape index (κ2) is 5.44. The number of nitro benzene ring substituents is 1. The molecule has 2 aromatic rings. The van der Waals surface area contributed by atoms with Crippen molar-refractivity contribution in [2.75, 3.05) is 5.32 Å². The molecular weight excluding hydrogens is 327 g/mol. The smallest absolute Gasteiger partial charge is 0.270 e. The van der Waals surface area contributed by atoms with Crippen LogP contribution in [0.1, 0.15) is 11.1 Å². The Morgan fingerprint density at radius 1 is 1.14 bits per heavy atom. The zero-order valence-electron chi connectivity index (χ0n) is 11.0. The van der Waals surface area contributed by atoms with E-state index in [-0.39, 0.29) is 17.2 Å². The highest BCUT2D eigenvalue weighted by atomic mass is 35.5. The van der Waals surface area contributed by atoms with E-state index >= 15 is 0 Å². The van der Waals surface area contributed by atoms with Crippen molar-refractivity contribution in [1.82, 2.24) is 0 Å². The summed E-state index contributed by atoms with van der Waals surface area (Å²) in [6.45, 7) is 0. The van der Waals surface area contributed by atoms with Gasteiger partial charge in [0.15, 0.2) is 0 Å². The molecule has 0 aliphatic carbocycles. The van der Waals surface area contributed by atoms with E-state index in [4.69, 9.17) is 23.2 Å². The number of nitro groups is 1. The van der Waals surface area contributed by atoms with Crippen molar-refractivity contribution in [3.05, 3.63) is 67.7 Å². The van der Waals surface area contributed by atoms with Gasteiger partial charge in [-0.3, -0.25) is 14.9 Å². The number of carbonyl (C=O) groups is 1. The maximum atomic E-state index is 12.1. The Bertz CT molecular complexity index is 826. The molecule has 110 valence electrons. The number of anilines is 1. The first-order valence-corrected chi connectivity index (χ1v) is 6.99. The van der Waals surface area contributed by atoms with Crippen LogP contribution in [0.4, 0.5) is 11.4 Å². The average Bonchev–Trinajstić information content (AvgIpc) is 2.78. The van der Waals surface area contributed by atoms with Crippen molar-refractivity contribution in [3.8, 4) is 0 Å². The van der Waals surface area contributed by atoms with Crippen LogP contribution in [0.2, 0.25) is 10.0 Å². The Balaban J connectivity index is 2.17. The van der Waals surface area contributed by atoms with Gasteiger partial charge in [0.05, 0.1) is 4.92 Å². The molecule has 0 unspecified atom stereocenters. The molecule has 0 bridgehead atoms. The summed E-state index contributed by atoms with van der Waals surface area (Å²) < 4.78 is 0. The second-order valence-electron chi connectivity index (χ2n) is 4.63. The molecule has 22 heavy (non-hydrogen) atoms. The van der Waals surface area contributed by atoms with E-state index in [1.165, 1.54) is 24.3 Å². The van der Waals surface area contributed by atoms with Gasteiger partial charge in [0, 0.05) is 44.6 Å². The molecule has 3 rings (SSSR count). The first-order valence-electron chi connectivity index (χ1n) is 6.23. The number of rotatable bonds is 2. The Labute approximate surface area is 135 Å². The predicted molar refractivity (Wildman–Crippen MR) is 86.1 cm³/mol. The first kappa shape index (κ1) is 14.6. The molecule has 1 heterocycles. The molecular formula is C15H8Cl2N2O3. The van der Waals surface area contributed by atoms with Crippen LogP contribution in [0.3, 0.4) is 0 Å². The van der Waals surface area contributed by atoms with Gasteiger partial charge in [-0.15, -0.1) is 0 Å². The Kier molecular flexibility index (Phi) is 3.60. The van der Waals surface area contributed by atoms with E-state index in [2.05, 4.69) is 5.32 Å². The second-order valence-corrected chi connectivity index (χ2v) is 5.45. The predicted octanol–water partition coefficient (Wildman–Crippen LogP) is 4.39. The number of carbonyl (C=O) groups excluding carboxylic acids is 1. The topological polar surface area (TPSA) is 72.2 Å². The molecule has 7 heteroatoms. The summed E-state index contributed by atoms with van der Waals surface area (Å²) >= 11 is 12.2. The number of nitrogens with zero attached hydrogens (tertiary/aromatic N) is 1. The third-order valence-corrected chi connectivity index (χ3v) is 3.94. The van der Waals surface area contributed by atoms with Gasteiger partial charge in [-0.1, -0.05) is 29.3 Å². The fraction of sp³-hybridized carbons (Fsp3) is 0. The molecule has 1 aliphatic heterocycles. The number of benzene rings is 2. The standard InChI is InChI=1S/C15H8Cl2N2O3/c16-12-2-1-3-13(17)11(12)7-10-9-6-8(19(21)22)4-5-14(9)18-15(10)20/h1-7H,(H,18,20). The average molecular weight is 335 g/mol. The number of halogens is 2. The van der Waals surface area contributed by atoms with Crippen molar-refractivity contribution in [3.63, 3.8) is 0 Å². The van der Waals surface area contributed by atoms with Crippen molar-refractivity contribution in [1.29, 1.82) is 0 Å². The van der Waals surface area contributed by atoms with Gasteiger partial charge < -0.3 is 5.32 Å². The first-order chi connectivity index (χ1) is 10.5. The van der Waals surface area contributed by atoms with Crippen LogP contribution in [0, 0.1) is 10.1 Å². The Morgan fingerprint density at radius 2 is 1.82 bits per heavy atom. The van der Waals surface area contributed by atoms with E-state index in [0.717, 1.165) is 0 Å². The number of fused-ring (bicyclic) bond motifs is 1. The fourth-order valence-electron chi connectivity index (χ4n) is 2.23. The fourth-order valence-corrected chi connectivity index (χ4v) is 2.73. The minimum atomic E-state index is -0.511. The molecule has 0 saturated carbocycles. The van der Waals surface area contributed by atoms with Crippen molar-refractivity contribution in [2.45, 2.75) is 0 Å². The summed E-state index contributed by atoms with van der Waals surface area (Å²) in [5.74, 6) is -0.355. The highest BCUT2D eigenvalue weighted by Crippen LogP contribution is 2.37. The normalized spacial score (nSPS) is 14.8. The number of amides is 1. The van der Waals surface area contributed by atoms with Gasteiger partial charge in [-0.2, -0.15) is 0 Å². The molecule has 0 saturated heterocycles. The minimum absolute atomic E-state index is 0.0913. The minimum Gasteiger partial charge on any atom is -0.321 e. The largest absolute Gasteiger partial charge is 0.321 e. The molecule has 1 N–H and O–H groups in total. The van der Waals surface area contributed by atoms with Crippen LogP contribution in [0.25, 0.3) is 11.6 Å². The van der Waals surface area contributed by atoms with Gasteiger partial charge in [0.2, 0.25) is 0 Å². The molecule has 2 aromatic carbocycles. The molecule has 1 aliphatic rings. The van der Waals surface area contributed by atoms with Crippen molar-refractivity contribution < 1.29 is 9.72 Å². The summed E-state index contributed by atoms with van der Waals surface area (Å²) in [5.41, 5.74) is 1.66. The molecule has 0 spiro atoms. The summed E-state index contributed by atoms with van der Waals surface area (Å²) in [6, 6.07) is 9.19. The van der Waals surface area contributed by atoms with E-state index in [9.17, 15) is 14.9 Å². The third kappa shape index (κ3) is 2.45. The van der Waals surface area contributed by atoms with Crippen LogP contribution in [-0.2, 0) is 4.79 Å². The number of hydrogen-bond acceptors (Lipinski definition) is 3. The lowest BCUT2D eigenvalue weighted by molar-refractivity contribution is -0.384. The van der Waals surface area contributed by atoms with Gasteiger partial charge in [-0.05, 0) is 24.3 Å². The number of non-ortho nitro benzene ring substituents is 1. The van der Waals surface area contributed by atoms with E-state index in [1.807, 2.05) is 0 Å². The lowest BCUT2D eigenvalue weighted by atomic mass is 10.0. The van der Waals surface area contributed by atoms with Crippen LogP contribution < -0.4 is 5.32 Å². The van der Waals surface area contributed by atoms with Crippen LogP contribution in [0.15, 0.2) is 36.4 Å². The molecule has 0 fully saturated rings. The Morgan fingerprint density at radius 3 is 2.45 bits per heavy atom. The van der Waals surface area contributed by atoms with Gasteiger partial charge in [0.1, 0.15) is 0 Å². The maximum Gasteiger partial charge on any atom is 0.270 e. The quantitative estimate of drug-likeness (QED) is 0.502. The summed E-state index contributed by atoms with van der Waals surface area (Å²) in [7, 11) is 0. The van der Waals surface area contributed by atoms with Crippen molar-refractivity contribution in [2.24, 2.45) is 0 Å². The third-order valence-electron chi connectivity index (χ3n) is 3.29. The van der Waals surface area contributed by atoms with E-state index in [0.29, 0.717) is 26.9 Å². The van der Waals surface area contributed by atoms with Crippen LogP contribution in [0.5, 0.6) is 0 Å². The highest BCUT2D eigenvalue weighted by molar-refractivity contribution is 6.40. The molecule has 0 aromatic heterocycles. The van der Waals surface area contributed by atoms with E-state index < -0.39 is 4.92 Å². The van der Waals surface area contributed by atoms with Crippen molar-refractivity contribution >= 4 is 52.1 Å². The Hall–Kier alpha value is -2.37. The molecule has 5 nitrogen and oxygen atoms in total. The SMILES string of the molecule is O=C1Nc2ccc([N+](=O)[O-])cc2C1=Cc1c(Cl)cccc1Cl. The lowest BCUT2D eigenvalue weighted by Crippen LogP contribution is -2.03. The molecule has 0 radical (unpaired) electrons. The number of nitrogens with one attached hydrogen (secondary N) is 1. The number of hydrogen-bond donors (Lipinski definition) is 1. The van der Waals surface area contributed by atoms with Gasteiger partial charge in [-0.25, -0.2) is 0 Å². The summed E-state index contributed by atoms with van der Waals surface area (Å²) in [5, 5.41) is 14.3. The highest BCUT2D eigenvalue weighted by Gasteiger charge is 2.26. The summed E-state index contributed by atoms with van der Waals surface area (Å²) in [6.07, 6.45) is 1.54. The molecule has 0 atom stereocenters. The monoisotopic (exact) mass is 334 g/mol. The van der Waals surface area contributed by atoms with Gasteiger partial charge >= 0.3 is 0 Å². The zero-order valence-corrected chi connectivity index (χ0v) is 12.5. The van der Waals surface area contributed by atoms with Gasteiger partial charge in [0.25, 0.3) is 11.6 Å². The van der Waals surface area contributed by atoms with E-state index in [1.54, 1.807) is 18.2 Å². The maximum absolute atomic E-state index is 12.1.